The molecule has 1 heterocycles. The molecule has 1 rings (SSSR count). The molecule has 14 heavy (non-hydrogen) atoms. The second-order valence-corrected chi connectivity index (χ2v) is 3.08. The molecule has 0 fully saturated rings. The van der Waals surface area contributed by atoms with Gasteiger partial charge in [-0.3, -0.25) is 0 Å². The van der Waals surface area contributed by atoms with E-state index in [1.165, 1.54) is 0 Å². The van der Waals surface area contributed by atoms with E-state index in [1.807, 2.05) is 31.2 Å². The number of methoxy groups -OCH3 is 1. The van der Waals surface area contributed by atoms with Crippen molar-refractivity contribution in [3.63, 3.8) is 0 Å². The number of hydrogen-bond donors (Lipinski definition) is 1. The number of aromatic nitrogens is 1. The van der Waals surface area contributed by atoms with Gasteiger partial charge in [-0.15, -0.1) is 6.58 Å². The lowest BCUT2D eigenvalue weighted by Gasteiger charge is -2.08. The van der Waals surface area contributed by atoms with Crippen LogP contribution in [0.5, 0.6) is 5.88 Å². The summed E-state index contributed by atoms with van der Waals surface area (Å²) >= 11 is 0. The minimum atomic E-state index is 0.294. The fourth-order valence-corrected chi connectivity index (χ4v) is 1.02. The molecule has 0 aliphatic carbocycles. The first kappa shape index (κ1) is 10.7. The quantitative estimate of drug-likeness (QED) is 0.722. The van der Waals surface area contributed by atoms with E-state index in [0.29, 0.717) is 11.9 Å². The van der Waals surface area contributed by atoms with Crippen LogP contribution in [0, 0.1) is 0 Å². The van der Waals surface area contributed by atoms with Crippen LogP contribution in [0.3, 0.4) is 0 Å². The Balaban J connectivity index is 2.54. The highest BCUT2D eigenvalue weighted by atomic mass is 16.5. The summed E-state index contributed by atoms with van der Waals surface area (Å²) in [6.07, 6.45) is 1.86. The van der Waals surface area contributed by atoms with Gasteiger partial charge in [-0.25, -0.2) is 4.98 Å². The van der Waals surface area contributed by atoms with Gasteiger partial charge in [-0.2, -0.15) is 0 Å². The van der Waals surface area contributed by atoms with E-state index >= 15 is 0 Å². The van der Waals surface area contributed by atoms with Gasteiger partial charge in [0.25, 0.3) is 0 Å². The van der Waals surface area contributed by atoms with Crippen molar-refractivity contribution in [1.82, 2.24) is 10.3 Å². The average molecular weight is 192 g/mol. The normalized spacial score (nSPS) is 12.1. The zero-order valence-corrected chi connectivity index (χ0v) is 8.66. The molecule has 0 bridgehead atoms. The van der Waals surface area contributed by atoms with Crippen LogP contribution in [0.1, 0.15) is 12.6 Å². The molecule has 1 aromatic heterocycles. The van der Waals surface area contributed by atoms with E-state index in [0.717, 1.165) is 12.2 Å². The highest BCUT2D eigenvalue weighted by Gasteiger charge is 1.99. The minimum Gasteiger partial charge on any atom is -0.481 e. The van der Waals surface area contributed by atoms with E-state index in [-0.39, 0.29) is 0 Å². The average Bonchev–Trinajstić information content (AvgIpc) is 2.26. The highest BCUT2D eigenvalue weighted by Crippen LogP contribution is 2.06. The first-order valence-electron chi connectivity index (χ1n) is 4.62. The second kappa shape index (κ2) is 5.40. The lowest BCUT2D eigenvalue weighted by molar-refractivity contribution is 0.395. The Morgan fingerprint density at radius 2 is 2.43 bits per heavy atom. The van der Waals surface area contributed by atoms with Gasteiger partial charge in [-0.1, -0.05) is 12.1 Å². The van der Waals surface area contributed by atoms with Crippen molar-refractivity contribution in [2.45, 2.75) is 19.5 Å². The SMILES string of the molecule is C=CC(C)NCc1cccc(OC)n1. The maximum Gasteiger partial charge on any atom is 0.213 e. The molecule has 1 unspecified atom stereocenters. The van der Waals surface area contributed by atoms with Crippen molar-refractivity contribution in [1.29, 1.82) is 0 Å². The molecule has 0 aromatic carbocycles. The summed E-state index contributed by atoms with van der Waals surface area (Å²) in [4.78, 5) is 4.28. The van der Waals surface area contributed by atoms with Crippen LogP contribution in [-0.2, 0) is 6.54 Å². The number of ether oxygens (including phenoxy) is 1. The molecule has 0 radical (unpaired) electrons. The van der Waals surface area contributed by atoms with E-state index in [9.17, 15) is 0 Å². The smallest absolute Gasteiger partial charge is 0.213 e. The summed E-state index contributed by atoms with van der Waals surface area (Å²) < 4.78 is 5.03. The summed E-state index contributed by atoms with van der Waals surface area (Å²) in [5.74, 6) is 0.649. The topological polar surface area (TPSA) is 34.1 Å². The third-order valence-corrected chi connectivity index (χ3v) is 1.95. The molecule has 1 aromatic rings. The van der Waals surface area contributed by atoms with Gasteiger partial charge in [0.1, 0.15) is 0 Å². The molecule has 0 spiro atoms. The van der Waals surface area contributed by atoms with Crippen molar-refractivity contribution >= 4 is 0 Å². The van der Waals surface area contributed by atoms with Gasteiger partial charge in [0.2, 0.25) is 5.88 Å². The van der Waals surface area contributed by atoms with E-state index in [4.69, 9.17) is 4.74 Å². The predicted octanol–water partition coefficient (Wildman–Crippen LogP) is 1.75. The molecular formula is C11H16N2O. The van der Waals surface area contributed by atoms with Crippen molar-refractivity contribution in [3.05, 3.63) is 36.5 Å². The maximum absolute atomic E-state index is 5.03. The lowest BCUT2D eigenvalue weighted by atomic mass is 10.3. The van der Waals surface area contributed by atoms with Crippen molar-refractivity contribution in [3.8, 4) is 5.88 Å². The summed E-state index contributed by atoms with van der Waals surface area (Å²) in [6, 6.07) is 6.02. The Kier molecular flexibility index (Phi) is 4.13. The Bertz CT molecular complexity index is 299. The Morgan fingerprint density at radius 1 is 1.64 bits per heavy atom. The summed E-state index contributed by atoms with van der Waals surface area (Å²) in [7, 11) is 1.62. The molecular weight excluding hydrogens is 176 g/mol. The predicted molar refractivity (Wildman–Crippen MR) is 57.3 cm³/mol. The number of rotatable bonds is 5. The van der Waals surface area contributed by atoms with Gasteiger partial charge in [-0.05, 0) is 13.0 Å². The van der Waals surface area contributed by atoms with E-state index < -0.39 is 0 Å². The summed E-state index contributed by atoms with van der Waals surface area (Å²) in [5.41, 5.74) is 0.970. The van der Waals surface area contributed by atoms with Crippen LogP contribution >= 0.6 is 0 Å². The molecule has 0 aliphatic rings. The van der Waals surface area contributed by atoms with Crippen LogP contribution in [-0.4, -0.2) is 18.1 Å². The fraction of sp³-hybridized carbons (Fsp3) is 0.364. The first-order chi connectivity index (χ1) is 6.76. The van der Waals surface area contributed by atoms with Crippen LogP contribution in [0.15, 0.2) is 30.9 Å². The lowest BCUT2D eigenvalue weighted by Crippen LogP contribution is -2.23. The Hall–Kier alpha value is -1.35. The monoisotopic (exact) mass is 192 g/mol. The van der Waals surface area contributed by atoms with Crippen LogP contribution < -0.4 is 10.1 Å². The van der Waals surface area contributed by atoms with Crippen LogP contribution in [0.4, 0.5) is 0 Å². The zero-order valence-electron chi connectivity index (χ0n) is 8.66. The Morgan fingerprint density at radius 3 is 3.07 bits per heavy atom. The highest BCUT2D eigenvalue weighted by molar-refractivity contribution is 5.15. The van der Waals surface area contributed by atoms with Gasteiger partial charge in [0.15, 0.2) is 0 Å². The number of hydrogen-bond acceptors (Lipinski definition) is 3. The van der Waals surface area contributed by atoms with E-state index in [2.05, 4.69) is 16.9 Å². The molecule has 1 N–H and O–H groups in total. The minimum absolute atomic E-state index is 0.294. The molecule has 0 saturated heterocycles. The van der Waals surface area contributed by atoms with Gasteiger partial charge >= 0.3 is 0 Å². The maximum atomic E-state index is 5.03. The molecule has 3 nitrogen and oxygen atoms in total. The van der Waals surface area contributed by atoms with Gasteiger partial charge < -0.3 is 10.1 Å². The molecule has 0 aliphatic heterocycles. The molecule has 0 saturated carbocycles. The molecule has 3 heteroatoms. The standard InChI is InChI=1S/C11H16N2O/c1-4-9(2)12-8-10-6-5-7-11(13-10)14-3/h4-7,9,12H,1,8H2,2-3H3. The first-order valence-corrected chi connectivity index (χ1v) is 4.62. The zero-order chi connectivity index (χ0) is 10.4. The number of nitrogens with zero attached hydrogens (tertiary/aromatic N) is 1. The fourth-order valence-electron chi connectivity index (χ4n) is 1.02. The van der Waals surface area contributed by atoms with Crippen molar-refractivity contribution < 1.29 is 4.74 Å². The van der Waals surface area contributed by atoms with Crippen LogP contribution in [0.25, 0.3) is 0 Å². The number of nitrogens with one attached hydrogen (secondary N) is 1. The van der Waals surface area contributed by atoms with E-state index in [1.54, 1.807) is 7.11 Å². The van der Waals surface area contributed by atoms with Crippen LogP contribution in [0.2, 0.25) is 0 Å². The second-order valence-electron chi connectivity index (χ2n) is 3.08. The molecule has 0 amide bonds. The summed E-state index contributed by atoms with van der Waals surface area (Å²) in [5, 5.41) is 3.26. The van der Waals surface area contributed by atoms with Gasteiger partial charge in [0.05, 0.1) is 12.8 Å². The third-order valence-electron chi connectivity index (χ3n) is 1.95. The van der Waals surface area contributed by atoms with Gasteiger partial charge in [0, 0.05) is 18.7 Å². The molecule has 1 atom stereocenters. The Labute approximate surface area is 84.8 Å². The summed E-state index contributed by atoms with van der Waals surface area (Å²) in [6.45, 7) is 6.47. The number of pyridine rings is 1. The third kappa shape index (κ3) is 3.18. The van der Waals surface area contributed by atoms with Crippen molar-refractivity contribution in [2.24, 2.45) is 0 Å². The van der Waals surface area contributed by atoms with Crippen molar-refractivity contribution in [2.75, 3.05) is 7.11 Å². The molecule has 76 valence electrons. The largest absolute Gasteiger partial charge is 0.481 e.